The number of hydrogen-bond donors (Lipinski definition) is 1. The van der Waals surface area contributed by atoms with Crippen LogP contribution in [0.3, 0.4) is 0 Å². The fourth-order valence-corrected chi connectivity index (χ4v) is 3.72. The van der Waals surface area contributed by atoms with Crippen molar-refractivity contribution in [3.05, 3.63) is 65.7 Å². The Morgan fingerprint density at radius 2 is 1.81 bits per heavy atom. The van der Waals surface area contributed by atoms with E-state index in [4.69, 9.17) is 8.92 Å². The van der Waals surface area contributed by atoms with Gasteiger partial charge in [0.15, 0.2) is 0 Å². The average Bonchev–Trinajstić information content (AvgIpc) is 2.64. The first-order valence-electron chi connectivity index (χ1n) is 8.69. The third kappa shape index (κ3) is 4.45. The maximum Gasteiger partial charge on any atom is 0.359 e. The van der Waals surface area contributed by atoms with Crippen LogP contribution in [0, 0.1) is 5.92 Å². The van der Waals surface area contributed by atoms with E-state index in [9.17, 15) is 8.42 Å². The Labute approximate surface area is 154 Å². The highest BCUT2D eigenvalue weighted by atomic mass is 32.2. The summed E-state index contributed by atoms with van der Waals surface area (Å²) in [6.07, 6.45) is 4.81. The molecule has 0 radical (unpaired) electrons. The van der Waals surface area contributed by atoms with Gasteiger partial charge in [0.1, 0.15) is 11.9 Å². The van der Waals surface area contributed by atoms with Gasteiger partial charge in [-0.1, -0.05) is 50.3 Å². The number of fused-ring (bicyclic) bond motifs is 1. The largest absolute Gasteiger partial charge is 0.485 e. The third-order valence-corrected chi connectivity index (χ3v) is 5.12. The third-order valence-electron chi connectivity index (χ3n) is 4.16. The Bertz CT molecular complexity index is 875. The molecule has 5 nitrogen and oxygen atoms in total. The molecule has 0 saturated carbocycles. The smallest absolute Gasteiger partial charge is 0.359 e. The normalized spacial score (nSPS) is 19.0. The summed E-state index contributed by atoms with van der Waals surface area (Å²) < 4.78 is 36.9. The van der Waals surface area contributed by atoms with Crippen molar-refractivity contribution in [3.8, 4) is 5.75 Å². The molecule has 0 bridgehead atoms. The van der Waals surface area contributed by atoms with Crippen LogP contribution >= 0.6 is 0 Å². The van der Waals surface area contributed by atoms with E-state index in [0.29, 0.717) is 17.9 Å². The summed E-state index contributed by atoms with van der Waals surface area (Å²) in [5.74, 6) is 0.926. The zero-order chi connectivity index (χ0) is 18.6. The first kappa shape index (κ1) is 18.5. The highest BCUT2D eigenvalue weighted by molar-refractivity contribution is 7.88. The van der Waals surface area contributed by atoms with E-state index in [1.54, 1.807) is 24.3 Å². The van der Waals surface area contributed by atoms with Crippen LogP contribution in [0.1, 0.15) is 37.5 Å². The van der Waals surface area contributed by atoms with Gasteiger partial charge in [-0.25, -0.2) is 0 Å². The summed E-state index contributed by atoms with van der Waals surface area (Å²) >= 11 is 0. The molecule has 3 rings (SSSR count). The van der Waals surface area contributed by atoms with Crippen LogP contribution in [0.4, 0.5) is 5.69 Å². The van der Waals surface area contributed by atoms with Gasteiger partial charge in [0, 0.05) is 11.5 Å². The number of nitrogens with one attached hydrogen (secondary N) is 1. The van der Waals surface area contributed by atoms with Gasteiger partial charge >= 0.3 is 10.3 Å². The van der Waals surface area contributed by atoms with E-state index in [1.165, 1.54) is 0 Å². The molecule has 1 aliphatic rings. The molecule has 26 heavy (non-hydrogen) atoms. The molecule has 1 N–H and O–H groups in total. The molecule has 0 aliphatic heterocycles. The minimum absolute atomic E-state index is 0.0772. The lowest BCUT2D eigenvalue weighted by atomic mass is 9.88. The highest BCUT2D eigenvalue weighted by Crippen LogP contribution is 2.36. The lowest BCUT2D eigenvalue weighted by Gasteiger charge is -2.28. The Kier molecular flexibility index (Phi) is 5.64. The Morgan fingerprint density at radius 1 is 1.08 bits per heavy atom. The number of rotatable bonds is 7. The van der Waals surface area contributed by atoms with Crippen LogP contribution in [0.2, 0.25) is 0 Å². The number of ether oxygens (including phenoxy) is 1. The summed E-state index contributed by atoms with van der Waals surface area (Å²) in [6, 6.07) is 15.0. The van der Waals surface area contributed by atoms with Gasteiger partial charge in [-0.2, -0.15) is 8.42 Å². The highest BCUT2D eigenvalue weighted by Gasteiger charge is 2.24. The first-order valence-corrected chi connectivity index (χ1v) is 10.1. The lowest BCUT2D eigenvalue weighted by Crippen LogP contribution is -2.19. The molecule has 2 aromatic rings. The average molecular weight is 373 g/mol. The molecule has 0 heterocycles. The van der Waals surface area contributed by atoms with Crippen molar-refractivity contribution in [1.82, 2.24) is 0 Å². The molecule has 0 amide bonds. The fraction of sp³-hybridized carbons (Fsp3) is 0.300. The van der Waals surface area contributed by atoms with Crippen molar-refractivity contribution in [3.63, 3.8) is 0 Å². The Morgan fingerprint density at radius 3 is 2.54 bits per heavy atom. The fourth-order valence-electron chi connectivity index (χ4n) is 2.85. The zero-order valence-electron chi connectivity index (χ0n) is 14.9. The second kappa shape index (κ2) is 7.93. The van der Waals surface area contributed by atoms with Crippen LogP contribution in [-0.4, -0.2) is 15.0 Å². The van der Waals surface area contributed by atoms with Crippen LogP contribution in [0.5, 0.6) is 5.75 Å². The minimum atomic E-state index is -3.79. The molecule has 2 unspecified atom stereocenters. The quantitative estimate of drug-likeness (QED) is 0.773. The summed E-state index contributed by atoms with van der Waals surface area (Å²) in [5.41, 5.74) is 2.75. The topological polar surface area (TPSA) is 64.6 Å². The molecule has 0 saturated heterocycles. The molecule has 2 aromatic carbocycles. The van der Waals surface area contributed by atoms with Gasteiger partial charge in [-0.3, -0.25) is 8.91 Å². The summed E-state index contributed by atoms with van der Waals surface area (Å²) in [6.45, 7) is 4.12. The molecule has 1 aliphatic carbocycles. The van der Waals surface area contributed by atoms with Crippen molar-refractivity contribution < 1.29 is 17.3 Å². The molecule has 2 atom stereocenters. The molecule has 0 fully saturated rings. The number of anilines is 1. The standard InChI is InChI=1S/C20H23NO4S/c1-3-14-24-26(22,23)21-17-10-12-18(13-11-17)25-20-15(2)8-9-16-6-4-5-7-19(16)20/h4-13,15,20-21H,3,14H2,1-2H3. The molecule has 0 spiro atoms. The van der Waals surface area contributed by atoms with E-state index in [1.807, 2.05) is 19.1 Å². The molecular weight excluding hydrogens is 350 g/mol. The van der Waals surface area contributed by atoms with Crippen molar-refractivity contribution in [2.24, 2.45) is 5.92 Å². The van der Waals surface area contributed by atoms with Crippen LogP contribution in [0.15, 0.2) is 54.6 Å². The van der Waals surface area contributed by atoms with Gasteiger partial charge < -0.3 is 4.74 Å². The van der Waals surface area contributed by atoms with E-state index in [0.717, 1.165) is 11.1 Å². The first-order chi connectivity index (χ1) is 12.5. The summed E-state index contributed by atoms with van der Waals surface area (Å²) in [4.78, 5) is 0. The molecule has 0 aromatic heterocycles. The number of benzene rings is 2. The monoisotopic (exact) mass is 373 g/mol. The van der Waals surface area contributed by atoms with Gasteiger partial charge in [-0.05, 0) is 36.2 Å². The van der Waals surface area contributed by atoms with E-state index in [-0.39, 0.29) is 18.6 Å². The minimum Gasteiger partial charge on any atom is -0.485 e. The van der Waals surface area contributed by atoms with Gasteiger partial charge in [-0.15, -0.1) is 0 Å². The maximum atomic E-state index is 11.8. The van der Waals surface area contributed by atoms with Gasteiger partial charge in [0.05, 0.1) is 12.3 Å². The maximum absolute atomic E-state index is 11.8. The van der Waals surface area contributed by atoms with Gasteiger partial charge in [0.25, 0.3) is 0 Å². The van der Waals surface area contributed by atoms with Crippen LogP contribution in [0.25, 0.3) is 6.08 Å². The molecular formula is C20H23NO4S. The van der Waals surface area contributed by atoms with Crippen molar-refractivity contribution in [1.29, 1.82) is 0 Å². The summed E-state index contributed by atoms with van der Waals surface area (Å²) in [5, 5.41) is 0. The van der Waals surface area contributed by atoms with Crippen molar-refractivity contribution >= 4 is 22.1 Å². The zero-order valence-corrected chi connectivity index (χ0v) is 15.7. The van der Waals surface area contributed by atoms with Crippen LogP contribution in [-0.2, 0) is 14.5 Å². The number of hydrogen-bond acceptors (Lipinski definition) is 4. The Balaban J connectivity index is 1.71. The van der Waals surface area contributed by atoms with Crippen molar-refractivity contribution in [2.75, 3.05) is 11.3 Å². The Hall–Kier alpha value is -2.31. The van der Waals surface area contributed by atoms with Crippen molar-refractivity contribution in [2.45, 2.75) is 26.4 Å². The van der Waals surface area contributed by atoms with E-state index < -0.39 is 10.3 Å². The predicted octanol–water partition coefficient (Wildman–Crippen LogP) is 4.55. The van der Waals surface area contributed by atoms with Gasteiger partial charge in [0.2, 0.25) is 0 Å². The second-order valence-corrected chi connectivity index (χ2v) is 7.64. The van der Waals surface area contributed by atoms with E-state index in [2.05, 4.69) is 35.9 Å². The SMILES string of the molecule is CCCOS(=O)(=O)Nc1ccc(OC2c3ccccc3C=CC2C)cc1. The molecule has 138 valence electrons. The molecule has 6 heteroatoms. The van der Waals surface area contributed by atoms with E-state index >= 15 is 0 Å². The second-order valence-electron chi connectivity index (χ2n) is 6.29. The van der Waals surface area contributed by atoms with Crippen LogP contribution < -0.4 is 9.46 Å². The lowest BCUT2D eigenvalue weighted by molar-refractivity contribution is 0.165. The predicted molar refractivity (Wildman–Crippen MR) is 103 cm³/mol. The summed E-state index contributed by atoms with van der Waals surface area (Å²) in [7, 11) is -3.79.